The van der Waals surface area contributed by atoms with Gasteiger partial charge < -0.3 is 5.73 Å². The van der Waals surface area contributed by atoms with Crippen LogP contribution in [-0.4, -0.2) is 24.0 Å². The molecule has 2 atom stereocenters. The number of benzene rings is 1. The van der Waals surface area contributed by atoms with Crippen LogP contribution in [-0.2, 0) is 6.42 Å². The summed E-state index contributed by atoms with van der Waals surface area (Å²) in [7, 11) is 0. The summed E-state index contributed by atoms with van der Waals surface area (Å²) in [6, 6.07) is 9.53. The van der Waals surface area contributed by atoms with E-state index in [9.17, 15) is 0 Å². The van der Waals surface area contributed by atoms with E-state index in [0.717, 1.165) is 19.5 Å². The Balaban J connectivity index is 0.00000128. The van der Waals surface area contributed by atoms with E-state index in [2.05, 4.69) is 43.0 Å². The van der Waals surface area contributed by atoms with E-state index in [-0.39, 0.29) is 18.4 Å². The quantitative estimate of drug-likeness (QED) is 0.860. The molecule has 3 heteroatoms. The first kappa shape index (κ1) is 13.5. The van der Waals surface area contributed by atoms with Crippen LogP contribution in [0.5, 0.6) is 0 Å². The number of hydrogen-bond acceptors (Lipinski definition) is 2. The van der Waals surface area contributed by atoms with E-state index in [4.69, 9.17) is 5.73 Å². The van der Waals surface area contributed by atoms with Crippen molar-refractivity contribution in [2.24, 2.45) is 5.73 Å². The zero-order chi connectivity index (χ0) is 10.8. The summed E-state index contributed by atoms with van der Waals surface area (Å²) in [6.45, 7) is 6.49. The Morgan fingerprint density at radius 2 is 2.12 bits per heavy atom. The highest BCUT2D eigenvalue weighted by Gasteiger charge is 2.23. The number of nitrogens with zero attached hydrogens (tertiary/aromatic N) is 1. The number of fused-ring (bicyclic) bond motifs is 1. The lowest BCUT2D eigenvalue weighted by Crippen LogP contribution is -2.41. The molecule has 2 nitrogen and oxygen atoms in total. The van der Waals surface area contributed by atoms with Gasteiger partial charge in [0.1, 0.15) is 0 Å². The number of nitrogens with two attached hydrogens (primary N) is 1. The molecule has 1 aliphatic heterocycles. The van der Waals surface area contributed by atoms with Gasteiger partial charge in [0, 0.05) is 25.2 Å². The van der Waals surface area contributed by atoms with Gasteiger partial charge in [0.05, 0.1) is 0 Å². The van der Waals surface area contributed by atoms with E-state index in [0.29, 0.717) is 6.04 Å². The highest BCUT2D eigenvalue weighted by atomic mass is 35.5. The molecule has 0 bridgehead atoms. The SMILES string of the molecule is CC(N)CN1CCc2ccccc2C1C.Cl. The minimum Gasteiger partial charge on any atom is -0.327 e. The molecule has 0 saturated heterocycles. The molecular formula is C13H21ClN2. The minimum atomic E-state index is 0. The lowest BCUT2D eigenvalue weighted by atomic mass is 9.93. The summed E-state index contributed by atoms with van der Waals surface area (Å²) in [5, 5.41) is 0. The van der Waals surface area contributed by atoms with Gasteiger partial charge in [-0.15, -0.1) is 12.4 Å². The summed E-state index contributed by atoms with van der Waals surface area (Å²) >= 11 is 0. The Labute approximate surface area is 104 Å². The predicted octanol–water partition coefficient (Wildman–Crippen LogP) is 2.37. The predicted molar refractivity (Wildman–Crippen MR) is 71.0 cm³/mol. The van der Waals surface area contributed by atoms with E-state index in [1.165, 1.54) is 11.1 Å². The fourth-order valence-corrected chi connectivity index (χ4v) is 2.44. The lowest BCUT2D eigenvalue weighted by Gasteiger charge is -2.36. The fourth-order valence-electron chi connectivity index (χ4n) is 2.44. The molecule has 0 spiro atoms. The van der Waals surface area contributed by atoms with Gasteiger partial charge in [-0.2, -0.15) is 0 Å². The van der Waals surface area contributed by atoms with Crippen molar-refractivity contribution in [3.05, 3.63) is 35.4 Å². The summed E-state index contributed by atoms with van der Waals surface area (Å²) in [6.07, 6.45) is 1.16. The largest absolute Gasteiger partial charge is 0.327 e. The van der Waals surface area contributed by atoms with Gasteiger partial charge in [0.15, 0.2) is 0 Å². The normalized spacial score (nSPS) is 22.1. The van der Waals surface area contributed by atoms with Crippen LogP contribution in [0.15, 0.2) is 24.3 Å². The maximum absolute atomic E-state index is 5.86. The summed E-state index contributed by atoms with van der Waals surface area (Å²) in [4.78, 5) is 2.48. The molecule has 2 unspecified atom stereocenters. The second-order valence-electron chi connectivity index (χ2n) is 4.60. The van der Waals surface area contributed by atoms with E-state index >= 15 is 0 Å². The van der Waals surface area contributed by atoms with Crippen molar-refractivity contribution >= 4 is 12.4 Å². The van der Waals surface area contributed by atoms with Crippen molar-refractivity contribution in [3.8, 4) is 0 Å². The Bertz CT molecular complexity index is 338. The third-order valence-electron chi connectivity index (χ3n) is 3.24. The summed E-state index contributed by atoms with van der Waals surface area (Å²) in [5.74, 6) is 0. The van der Waals surface area contributed by atoms with Crippen LogP contribution < -0.4 is 5.73 Å². The second kappa shape index (κ2) is 5.67. The Hall–Kier alpha value is -0.570. The molecule has 1 aliphatic rings. The van der Waals surface area contributed by atoms with Gasteiger partial charge in [-0.05, 0) is 31.4 Å². The lowest BCUT2D eigenvalue weighted by molar-refractivity contribution is 0.190. The van der Waals surface area contributed by atoms with Crippen molar-refractivity contribution in [1.29, 1.82) is 0 Å². The van der Waals surface area contributed by atoms with Crippen LogP contribution in [0.3, 0.4) is 0 Å². The molecule has 0 fully saturated rings. The highest BCUT2D eigenvalue weighted by Crippen LogP contribution is 2.28. The standard InChI is InChI=1S/C13H20N2.ClH/c1-10(14)9-15-8-7-12-5-3-4-6-13(12)11(15)2;/h3-6,10-11H,7-9,14H2,1-2H3;1H. The Morgan fingerprint density at radius 1 is 1.44 bits per heavy atom. The zero-order valence-electron chi connectivity index (χ0n) is 10.0. The topological polar surface area (TPSA) is 29.3 Å². The average molecular weight is 241 g/mol. The van der Waals surface area contributed by atoms with Crippen LogP contribution in [0, 0.1) is 0 Å². The smallest absolute Gasteiger partial charge is 0.0323 e. The summed E-state index contributed by atoms with van der Waals surface area (Å²) < 4.78 is 0. The van der Waals surface area contributed by atoms with Crippen molar-refractivity contribution in [3.63, 3.8) is 0 Å². The third-order valence-corrected chi connectivity index (χ3v) is 3.24. The molecule has 0 radical (unpaired) electrons. The molecule has 16 heavy (non-hydrogen) atoms. The number of hydrogen-bond donors (Lipinski definition) is 1. The molecule has 0 aliphatic carbocycles. The van der Waals surface area contributed by atoms with Crippen molar-refractivity contribution in [2.75, 3.05) is 13.1 Å². The molecule has 1 aromatic rings. The highest BCUT2D eigenvalue weighted by molar-refractivity contribution is 5.85. The zero-order valence-corrected chi connectivity index (χ0v) is 10.8. The number of rotatable bonds is 2. The van der Waals surface area contributed by atoms with Crippen molar-refractivity contribution < 1.29 is 0 Å². The average Bonchev–Trinajstić information content (AvgIpc) is 2.22. The second-order valence-corrected chi connectivity index (χ2v) is 4.60. The van der Waals surface area contributed by atoms with Gasteiger partial charge in [-0.1, -0.05) is 24.3 Å². The molecule has 1 heterocycles. The monoisotopic (exact) mass is 240 g/mol. The van der Waals surface area contributed by atoms with Gasteiger partial charge in [0.25, 0.3) is 0 Å². The molecule has 0 aromatic heterocycles. The molecule has 90 valence electrons. The van der Waals surface area contributed by atoms with Gasteiger partial charge >= 0.3 is 0 Å². The van der Waals surface area contributed by atoms with E-state index in [1.54, 1.807) is 0 Å². The van der Waals surface area contributed by atoms with Crippen LogP contribution in [0.4, 0.5) is 0 Å². The molecule has 2 N–H and O–H groups in total. The molecule has 2 rings (SSSR count). The maximum atomic E-state index is 5.86. The number of halogens is 1. The Kier molecular flexibility index (Phi) is 4.78. The first-order valence-corrected chi connectivity index (χ1v) is 5.76. The summed E-state index contributed by atoms with van der Waals surface area (Å²) in [5.41, 5.74) is 8.85. The Morgan fingerprint density at radius 3 is 2.81 bits per heavy atom. The van der Waals surface area contributed by atoms with Gasteiger partial charge in [-0.3, -0.25) is 4.90 Å². The van der Waals surface area contributed by atoms with Gasteiger partial charge in [-0.25, -0.2) is 0 Å². The minimum absolute atomic E-state index is 0. The molecule has 0 saturated carbocycles. The first-order valence-electron chi connectivity index (χ1n) is 5.76. The van der Waals surface area contributed by atoms with Crippen LogP contribution in [0.1, 0.15) is 31.0 Å². The first-order chi connectivity index (χ1) is 7.18. The van der Waals surface area contributed by atoms with Crippen LogP contribution >= 0.6 is 12.4 Å². The van der Waals surface area contributed by atoms with Crippen molar-refractivity contribution in [1.82, 2.24) is 4.90 Å². The molecule has 1 aromatic carbocycles. The van der Waals surface area contributed by atoms with Crippen LogP contribution in [0.25, 0.3) is 0 Å². The van der Waals surface area contributed by atoms with Gasteiger partial charge in [0.2, 0.25) is 0 Å². The van der Waals surface area contributed by atoms with Crippen LogP contribution in [0.2, 0.25) is 0 Å². The van der Waals surface area contributed by atoms with E-state index < -0.39 is 0 Å². The molecular weight excluding hydrogens is 220 g/mol. The molecule has 0 amide bonds. The van der Waals surface area contributed by atoms with Crippen molar-refractivity contribution in [2.45, 2.75) is 32.4 Å². The maximum Gasteiger partial charge on any atom is 0.0323 e. The third kappa shape index (κ3) is 2.76. The fraction of sp³-hybridized carbons (Fsp3) is 0.538. The van der Waals surface area contributed by atoms with E-state index in [1.807, 2.05) is 0 Å².